The molecular formula is C42H40N6O7S. The van der Waals surface area contributed by atoms with Gasteiger partial charge in [0.25, 0.3) is 0 Å². The molecule has 2 aromatic heterocycles. The van der Waals surface area contributed by atoms with Gasteiger partial charge >= 0.3 is 5.97 Å². The summed E-state index contributed by atoms with van der Waals surface area (Å²) in [6, 6.07) is 25.4. The Balaban J connectivity index is 1.34. The van der Waals surface area contributed by atoms with E-state index in [1.165, 1.54) is 23.7 Å². The number of carbonyl (C=O) groups is 6. The summed E-state index contributed by atoms with van der Waals surface area (Å²) in [7, 11) is 0. The molecule has 0 spiro atoms. The van der Waals surface area contributed by atoms with Crippen LogP contribution in [0.15, 0.2) is 121 Å². The minimum Gasteiger partial charge on any atom is -0.480 e. The van der Waals surface area contributed by atoms with Gasteiger partial charge in [0.15, 0.2) is 0 Å². The van der Waals surface area contributed by atoms with Crippen LogP contribution in [0.1, 0.15) is 40.5 Å². The molecule has 14 heteroatoms. The molecule has 2 aliphatic rings. The number of fused-ring (bicyclic) bond motifs is 18. The Labute approximate surface area is 327 Å². The van der Waals surface area contributed by atoms with Crippen LogP contribution in [-0.4, -0.2) is 63.7 Å². The van der Waals surface area contributed by atoms with E-state index in [4.69, 9.17) is 0 Å². The van der Waals surface area contributed by atoms with Gasteiger partial charge in [0.1, 0.15) is 24.2 Å². The molecule has 13 nitrogen and oxygen atoms in total. The molecule has 5 aromatic rings. The predicted octanol–water partition coefficient (Wildman–Crippen LogP) is 3.97. The Kier molecular flexibility index (Phi) is 13.0. The quantitative estimate of drug-likeness (QED) is 0.134. The van der Waals surface area contributed by atoms with E-state index in [0.29, 0.717) is 27.3 Å². The highest BCUT2D eigenvalue weighted by Crippen LogP contribution is 2.22. The van der Waals surface area contributed by atoms with Crippen molar-refractivity contribution in [3.05, 3.63) is 142 Å². The van der Waals surface area contributed by atoms with E-state index in [1.807, 2.05) is 54.6 Å². The Morgan fingerprint density at radius 3 is 1.89 bits per heavy atom. The van der Waals surface area contributed by atoms with E-state index >= 15 is 0 Å². The topological polar surface area (TPSA) is 196 Å². The number of carboxylic acid groups (broad SMARTS) is 1. The highest BCUT2D eigenvalue weighted by molar-refractivity contribution is 7.10. The van der Waals surface area contributed by atoms with Crippen LogP contribution in [0.4, 0.5) is 5.69 Å². The molecule has 6 N–H and O–H groups in total. The highest BCUT2D eigenvalue weighted by Gasteiger charge is 2.33. The Morgan fingerprint density at radius 1 is 0.643 bits per heavy atom. The molecule has 0 fully saturated rings. The largest absolute Gasteiger partial charge is 0.480 e. The number of hydrogen-bond acceptors (Lipinski definition) is 8. The molecule has 4 heterocycles. The van der Waals surface area contributed by atoms with Gasteiger partial charge in [-0.05, 0) is 63.5 Å². The molecule has 286 valence electrons. The van der Waals surface area contributed by atoms with Crippen LogP contribution in [-0.2, 0) is 48.0 Å². The number of aromatic nitrogens is 1. The zero-order valence-corrected chi connectivity index (χ0v) is 31.0. The van der Waals surface area contributed by atoms with Crippen molar-refractivity contribution in [1.82, 2.24) is 26.3 Å². The predicted molar refractivity (Wildman–Crippen MR) is 210 cm³/mol. The molecule has 56 heavy (non-hydrogen) atoms. The molecule has 2 bridgehead atoms. The van der Waals surface area contributed by atoms with Crippen molar-refractivity contribution >= 4 is 52.5 Å². The number of pyridine rings is 1. The summed E-state index contributed by atoms with van der Waals surface area (Å²) in [5, 5.41) is 25.5. The number of thiophene rings is 1. The average molecular weight is 773 g/mol. The molecule has 0 saturated heterocycles. The summed E-state index contributed by atoms with van der Waals surface area (Å²) >= 11 is 1.23. The zero-order valence-electron chi connectivity index (χ0n) is 30.1. The summed E-state index contributed by atoms with van der Waals surface area (Å²) < 4.78 is 0. The van der Waals surface area contributed by atoms with Crippen molar-refractivity contribution < 1.29 is 33.9 Å². The fraction of sp³-hybridized carbons (Fsp3) is 0.214. The Bertz CT molecular complexity index is 2150. The number of carboxylic acids is 1. The van der Waals surface area contributed by atoms with Crippen LogP contribution in [0.5, 0.6) is 0 Å². The second-order valence-corrected chi connectivity index (χ2v) is 14.3. The van der Waals surface area contributed by atoms with Gasteiger partial charge in [-0.15, -0.1) is 11.3 Å². The number of rotatable bonds is 7. The van der Waals surface area contributed by atoms with Crippen LogP contribution in [0.2, 0.25) is 0 Å². The SMILES string of the molecule is O=C1CCC(=O)NC(c2cccs2)C(=O)N[C@@H](Cc2ccc(-c3ccccc3)cc2)C(=O)N[C@@H](Cc2ccncc2)C(=O)N[C@H](C(=O)O)Cc2ccc(cc2)N1. The van der Waals surface area contributed by atoms with Crippen molar-refractivity contribution in [2.24, 2.45) is 0 Å². The third-order valence-corrected chi connectivity index (χ3v) is 10.2. The molecule has 7 rings (SSSR count). The van der Waals surface area contributed by atoms with Crippen LogP contribution in [0.25, 0.3) is 11.1 Å². The molecule has 0 radical (unpaired) electrons. The molecule has 1 unspecified atom stereocenters. The number of anilines is 1. The monoisotopic (exact) mass is 772 g/mol. The maximum atomic E-state index is 14.3. The van der Waals surface area contributed by atoms with E-state index in [9.17, 15) is 33.9 Å². The zero-order chi connectivity index (χ0) is 39.4. The van der Waals surface area contributed by atoms with Gasteiger partial charge < -0.3 is 31.7 Å². The van der Waals surface area contributed by atoms with Gasteiger partial charge in [-0.1, -0.05) is 72.8 Å². The highest BCUT2D eigenvalue weighted by atomic mass is 32.1. The summed E-state index contributed by atoms with van der Waals surface area (Å²) in [5.74, 6) is -4.43. The van der Waals surface area contributed by atoms with Crippen LogP contribution >= 0.6 is 11.3 Å². The van der Waals surface area contributed by atoms with Gasteiger partial charge in [0.05, 0.1) is 0 Å². The van der Waals surface area contributed by atoms with E-state index in [1.54, 1.807) is 53.9 Å². The van der Waals surface area contributed by atoms with Crippen molar-refractivity contribution in [2.75, 3.05) is 5.32 Å². The van der Waals surface area contributed by atoms with Crippen LogP contribution in [0, 0.1) is 0 Å². The smallest absolute Gasteiger partial charge is 0.326 e. The van der Waals surface area contributed by atoms with Crippen molar-refractivity contribution in [2.45, 2.75) is 56.3 Å². The molecule has 4 atom stereocenters. The van der Waals surface area contributed by atoms with E-state index in [-0.39, 0.29) is 32.1 Å². The van der Waals surface area contributed by atoms with Crippen LogP contribution in [0.3, 0.4) is 0 Å². The van der Waals surface area contributed by atoms with E-state index in [0.717, 1.165) is 11.1 Å². The van der Waals surface area contributed by atoms with Gasteiger partial charge in [0, 0.05) is 55.1 Å². The van der Waals surface area contributed by atoms with Crippen LogP contribution < -0.4 is 26.6 Å². The number of aliphatic carboxylic acids is 1. The summed E-state index contributed by atoms with van der Waals surface area (Å²) in [5.41, 5.74) is 4.28. The normalized spacial score (nSPS) is 20.0. The summed E-state index contributed by atoms with van der Waals surface area (Å²) in [6.45, 7) is 0. The lowest BCUT2D eigenvalue weighted by Gasteiger charge is -2.26. The molecular weight excluding hydrogens is 733 g/mol. The number of amides is 5. The first-order valence-corrected chi connectivity index (χ1v) is 18.9. The molecule has 0 aliphatic carbocycles. The third kappa shape index (κ3) is 10.7. The number of nitrogens with zero attached hydrogens (tertiary/aromatic N) is 1. The fourth-order valence-electron chi connectivity index (χ4n) is 6.24. The molecule has 0 saturated carbocycles. The van der Waals surface area contributed by atoms with Crippen molar-refractivity contribution in [3.63, 3.8) is 0 Å². The standard InChI is InChI=1S/C42H40N6O7S/c49-36-16-17-37(50)48-38(35-7-4-22-56-35)41(53)46-33(23-26-8-12-30(13-9-26)29-5-2-1-3-6-29)39(51)45-32(24-28-18-20-43-21-19-28)40(52)47-34(42(54)55)25-27-10-14-31(44-36)15-11-27/h1-15,18-22,32-34,38H,16-17,23-25H2,(H,44,49)(H,45,51)(H,46,53)(H,47,52)(H,48,50)(H,54,55)/t32-,33-,34-,38?/m0/s1. The van der Waals surface area contributed by atoms with E-state index < -0.39 is 59.7 Å². The number of benzene rings is 3. The number of nitrogens with one attached hydrogen (secondary N) is 5. The molecule has 3 aromatic carbocycles. The lowest BCUT2D eigenvalue weighted by Crippen LogP contribution is -2.58. The maximum absolute atomic E-state index is 14.3. The van der Waals surface area contributed by atoms with Gasteiger partial charge in [-0.3, -0.25) is 29.0 Å². The maximum Gasteiger partial charge on any atom is 0.326 e. The van der Waals surface area contributed by atoms with Crippen molar-refractivity contribution in [1.29, 1.82) is 0 Å². The van der Waals surface area contributed by atoms with Gasteiger partial charge in [0.2, 0.25) is 29.5 Å². The summed E-state index contributed by atoms with van der Waals surface area (Å²) in [6.07, 6.45) is 2.58. The third-order valence-electron chi connectivity index (χ3n) is 9.22. The first-order chi connectivity index (χ1) is 27.1. The lowest BCUT2D eigenvalue weighted by atomic mass is 9.99. The fourth-order valence-corrected chi connectivity index (χ4v) is 7.01. The van der Waals surface area contributed by atoms with Gasteiger partial charge in [-0.2, -0.15) is 0 Å². The summed E-state index contributed by atoms with van der Waals surface area (Å²) in [4.78, 5) is 85.3. The number of hydrogen-bond donors (Lipinski definition) is 6. The second kappa shape index (κ2) is 18.6. The average Bonchev–Trinajstić information content (AvgIpc) is 3.74. The lowest BCUT2D eigenvalue weighted by molar-refractivity contribution is -0.142. The second-order valence-electron chi connectivity index (χ2n) is 13.3. The van der Waals surface area contributed by atoms with Crippen molar-refractivity contribution in [3.8, 4) is 11.1 Å². The minimum absolute atomic E-state index is 0.00902. The minimum atomic E-state index is -1.36. The van der Waals surface area contributed by atoms with E-state index in [2.05, 4.69) is 31.6 Å². The first kappa shape index (κ1) is 39.0. The Hall–Kier alpha value is -6.67. The number of carbonyl (C=O) groups excluding carboxylic acids is 5. The molecule has 5 amide bonds. The van der Waals surface area contributed by atoms with Gasteiger partial charge in [-0.25, -0.2) is 4.79 Å². The molecule has 2 aliphatic heterocycles. The Morgan fingerprint density at radius 2 is 1.25 bits per heavy atom. The first-order valence-electron chi connectivity index (χ1n) is 18.0.